The molecule has 1 aliphatic carbocycles. The van der Waals surface area contributed by atoms with Crippen molar-refractivity contribution in [1.82, 2.24) is 5.06 Å². The predicted molar refractivity (Wildman–Crippen MR) is 140 cm³/mol. The minimum absolute atomic E-state index is 0. The summed E-state index contributed by atoms with van der Waals surface area (Å²) in [6.45, 7) is 0.986. The van der Waals surface area contributed by atoms with E-state index in [1.54, 1.807) is 23.3 Å². The first kappa shape index (κ1) is 26.2. The molecule has 35 heavy (non-hydrogen) atoms. The third-order valence-corrected chi connectivity index (χ3v) is 5.92. The van der Waals surface area contributed by atoms with Crippen LogP contribution >= 0.6 is 12.4 Å². The second-order valence-corrected chi connectivity index (χ2v) is 8.45. The zero-order valence-electron chi connectivity index (χ0n) is 19.6. The van der Waals surface area contributed by atoms with Crippen molar-refractivity contribution < 1.29 is 14.4 Å². The largest absolute Gasteiger partial charge is 0.494 e. The van der Waals surface area contributed by atoms with Gasteiger partial charge in [0.25, 0.3) is 0 Å². The van der Waals surface area contributed by atoms with Gasteiger partial charge >= 0.3 is 0 Å². The van der Waals surface area contributed by atoms with E-state index in [1.807, 2.05) is 48.5 Å². The van der Waals surface area contributed by atoms with Crippen molar-refractivity contribution in [3.05, 3.63) is 71.8 Å². The maximum atomic E-state index is 12.5. The zero-order valence-corrected chi connectivity index (χ0v) is 20.5. The van der Waals surface area contributed by atoms with Crippen LogP contribution in [0, 0.1) is 0 Å². The number of ketones is 1. The minimum Gasteiger partial charge on any atom is -0.494 e. The molecule has 2 aromatic rings. The van der Waals surface area contributed by atoms with Crippen LogP contribution in [0.2, 0.25) is 0 Å². The number of aliphatic imine (C=N–C) groups is 2. The molecule has 0 radical (unpaired) electrons. The van der Waals surface area contributed by atoms with E-state index in [9.17, 15) is 4.79 Å². The summed E-state index contributed by atoms with van der Waals surface area (Å²) in [5.41, 5.74) is 12.9. The number of nitrogens with zero attached hydrogens (tertiary/aromatic N) is 3. The van der Waals surface area contributed by atoms with Crippen LogP contribution in [-0.2, 0) is 4.84 Å². The summed E-state index contributed by atoms with van der Waals surface area (Å²) in [5.74, 6) is 1.08. The van der Waals surface area contributed by atoms with E-state index < -0.39 is 5.66 Å². The van der Waals surface area contributed by atoms with Gasteiger partial charge in [0.1, 0.15) is 5.75 Å². The number of nitrogens with two attached hydrogens (primary N) is 2. The third-order valence-electron chi connectivity index (χ3n) is 5.92. The molecule has 8 nitrogen and oxygen atoms in total. The molecule has 1 fully saturated rings. The quantitative estimate of drug-likeness (QED) is 0.287. The van der Waals surface area contributed by atoms with Gasteiger partial charge in [0.05, 0.1) is 13.2 Å². The molecule has 1 aliphatic heterocycles. The van der Waals surface area contributed by atoms with Gasteiger partial charge in [-0.3, -0.25) is 9.63 Å². The first-order valence-electron chi connectivity index (χ1n) is 11.7. The van der Waals surface area contributed by atoms with Crippen LogP contribution in [-0.4, -0.2) is 41.6 Å². The molecule has 1 spiro atoms. The molecule has 1 saturated carbocycles. The monoisotopic (exact) mass is 497 g/mol. The van der Waals surface area contributed by atoms with E-state index >= 15 is 0 Å². The molecule has 0 amide bonds. The van der Waals surface area contributed by atoms with Gasteiger partial charge in [-0.1, -0.05) is 48.5 Å². The number of carbonyl (C=O) groups excluding carboxylic acids is 1. The van der Waals surface area contributed by atoms with E-state index in [0.29, 0.717) is 24.5 Å². The SMILES string of the molecule is Cl.NC1=NC2(CCCC2)N(OCCCCOc2cccc(C(=O)/C=C/c3ccccc3)c2)C(N)=N1. The fraction of sp³-hybridized carbons (Fsp3) is 0.346. The molecule has 4 N–H and O–H groups in total. The topological polar surface area (TPSA) is 116 Å². The Hall–Kier alpha value is -3.36. The first-order valence-corrected chi connectivity index (χ1v) is 11.7. The van der Waals surface area contributed by atoms with Gasteiger partial charge in [-0.2, -0.15) is 10.1 Å². The molecular weight excluding hydrogens is 466 g/mol. The number of carbonyl (C=O) groups is 1. The third kappa shape index (κ3) is 6.83. The van der Waals surface area contributed by atoms with E-state index in [1.165, 1.54) is 0 Å². The van der Waals surface area contributed by atoms with Crippen molar-refractivity contribution in [2.75, 3.05) is 13.2 Å². The second-order valence-electron chi connectivity index (χ2n) is 8.45. The van der Waals surface area contributed by atoms with Crippen molar-refractivity contribution in [3.63, 3.8) is 0 Å². The second kappa shape index (κ2) is 12.4. The fourth-order valence-electron chi connectivity index (χ4n) is 4.22. The number of hydroxylamine groups is 2. The van der Waals surface area contributed by atoms with Gasteiger partial charge in [0, 0.05) is 5.56 Å². The average Bonchev–Trinajstić information content (AvgIpc) is 3.30. The Kier molecular flexibility index (Phi) is 9.28. The molecule has 0 bridgehead atoms. The Labute approximate surface area is 212 Å². The Balaban J connectivity index is 0.00000342. The lowest BCUT2D eigenvalue weighted by molar-refractivity contribution is -0.167. The number of benzene rings is 2. The summed E-state index contributed by atoms with van der Waals surface area (Å²) < 4.78 is 5.85. The van der Waals surface area contributed by atoms with Gasteiger partial charge in [-0.25, -0.2) is 4.99 Å². The van der Waals surface area contributed by atoms with Crippen LogP contribution in [0.5, 0.6) is 5.75 Å². The molecule has 0 aromatic heterocycles. The lowest BCUT2D eigenvalue weighted by Gasteiger charge is -2.39. The summed E-state index contributed by atoms with van der Waals surface area (Å²) in [6.07, 6.45) is 8.77. The Morgan fingerprint density at radius 3 is 2.54 bits per heavy atom. The normalized spacial score (nSPS) is 16.6. The van der Waals surface area contributed by atoms with Crippen molar-refractivity contribution in [2.45, 2.75) is 44.2 Å². The molecule has 2 aromatic carbocycles. The maximum absolute atomic E-state index is 12.5. The van der Waals surface area contributed by atoms with Gasteiger partial charge in [-0.05, 0) is 62.3 Å². The Morgan fingerprint density at radius 2 is 1.77 bits per heavy atom. The number of hydrogen-bond donors (Lipinski definition) is 2. The maximum Gasteiger partial charge on any atom is 0.226 e. The van der Waals surface area contributed by atoms with E-state index in [2.05, 4.69) is 9.98 Å². The highest BCUT2D eigenvalue weighted by Crippen LogP contribution is 2.38. The molecule has 9 heteroatoms. The van der Waals surface area contributed by atoms with Crippen molar-refractivity contribution in [2.24, 2.45) is 21.5 Å². The summed E-state index contributed by atoms with van der Waals surface area (Å²) in [6, 6.07) is 17.0. The van der Waals surface area contributed by atoms with Crippen LogP contribution in [0.15, 0.2) is 70.7 Å². The lowest BCUT2D eigenvalue weighted by atomic mass is 10.1. The van der Waals surface area contributed by atoms with Crippen molar-refractivity contribution >= 4 is 36.2 Å². The zero-order chi connectivity index (χ0) is 23.8. The molecule has 0 unspecified atom stereocenters. The molecule has 4 rings (SSSR count). The lowest BCUT2D eigenvalue weighted by Crippen LogP contribution is -2.55. The number of ether oxygens (including phenoxy) is 1. The standard InChI is InChI=1S/C26H31N5O3.ClH/c27-24-29-25(28)31(26(30-24)15-4-5-16-26)34-18-7-6-17-33-22-12-8-11-21(19-22)23(32)14-13-20-9-2-1-3-10-20;/h1-3,8-14,19H,4-7,15-18H2,(H4,27,28,29,30);1H/b14-13+;. The van der Waals surface area contributed by atoms with Gasteiger partial charge in [0.2, 0.25) is 11.9 Å². The smallest absolute Gasteiger partial charge is 0.226 e. The first-order chi connectivity index (χ1) is 16.6. The summed E-state index contributed by atoms with van der Waals surface area (Å²) in [4.78, 5) is 27.0. The Bertz CT molecular complexity index is 1080. The van der Waals surface area contributed by atoms with Crippen LogP contribution in [0.3, 0.4) is 0 Å². The molecule has 1 heterocycles. The van der Waals surface area contributed by atoms with Crippen LogP contribution in [0.4, 0.5) is 0 Å². The van der Waals surface area contributed by atoms with Crippen LogP contribution < -0.4 is 16.2 Å². The minimum atomic E-state index is -0.519. The fourth-order valence-corrected chi connectivity index (χ4v) is 4.22. The van der Waals surface area contributed by atoms with Gasteiger partial charge in [0.15, 0.2) is 11.4 Å². The van der Waals surface area contributed by atoms with Gasteiger partial charge in [-0.15, -0.1) is 12.4 Å². The molecule has 0 saturated heterocycles. The molecule has 0 atom stereocenters. The van der Waals surface area contributed by atoms with Crippen LogP contribution in [0.1, 0.15) is 54.4 Å². The van der Waals surface area contributed by atoms with Crippen molar-refractivity contribution in [1.29, 1.82) is 0 Å². The van der Waals surface area contributed by atoms with E-state index in [0.717, 1.165) is 44.1 Å². The Morgan fingerprint density at radius 1 is 1.03 bits per heavy atom. The number of allylic oxidation sites excluding steroid dienone is 1. The highest BCUT2D eigenvalue weighted by atomic mass is 35.5. The summed E-state index contributed by atoms with van der Waals surface area (Å²) in [7, 11) is 0. The predicted octanol–water partition coefficient (Wildman–Crippen LogP) is 4.31. The van der Waals surface area contributed by atoms with Crippen molar-refractivity contribution in [3.8, 4) is 5.75 Å². The highest BCUT2D eigenvalue weighted by Gasteiger charge is 2.44. The average molecular weight is 498 g/mol. The molecular formula is C26H32ClN5O3. The number of hydrogen-bond acceptors (Lipinski definition) is 8. The van der Waals surface area contributed by atoms with E-state index in [-0.39, 0.29) is 30.1 Å². The number of halogens is 1. The summed E-state index contributed by atoms with van der Waals surface area (Å²) in [5, 5.41) is 1.63. The van der Waals surface area contributed by atoms with Gasteiger partial charge < -0.3 is 16.2 Å². The number of rotatable bonds is 10. The number of guanidine groups is 2. The molecule has 2 aliphatic rings. The molecule has 186 valence electrons. The number of unbranched alkanes of at least 4 members (excludes halogenated alkanes) is 1. The van der Waals surface area contributed by atoms with Crippen LogP contribution in [0.25, 0.3) is 6.08 Å². The summed E-state index contributed by atoms with van der Waals surface area (Å²) >= 11 is 0. The highest BCUT2D eigenvalue weighted by molar-refractivity contribution is 6.07. The van der Waals surface area contributed by atoms with E-state index in [4.69, 9.17) is 21.0 Å².